The third-order valence-corrected chi connectivity index (χ3v) is 2.01. The molecule has 0 bridgehead atoms. The molecule has 82 valence electrons. The number of anilines is 2. The number of rotatable bonds is 4. The summed E-state index contributed by atoms with van der Waals surface area (Å²) in [6.07, 6.45) is 1.88. The molecule has 1 aromatic rings. The summed E-state index contributed by atoms with van der Waals surface area (Å²) in [5.41, 5.74) is 6.13. The lowest BCUT2D eigenvalue weighted by molar-refractivity contribution is -0.120. The summed E-state index contributed by atoms with van der Waals surface area (Å²) >= 11 is 5.69. The Morgan fingerprint density at radius 2 is 2.40 bits per heavy atom. The van der Waals surface area contributed by atoms with Crippen LogP contribution in [-0.4, -0.2) is 24.5 Å². The summed E-state index contributed by atoms with van der Waals surface area (Å²) in [4.78, 5) is 14.9. The van der Waals surface area contributed by atoms with Gasteiger partial charge in [0.1, 0.15) is 5.82 Å². The first-order chi connectivity index (χ1) is 7.13. The number of amides is 1. The fourth-order valence-electron chi connectivity index (χ4n) is 1.02. The van der Waals surface area contributed by atoms with Gasteiger partial charge in [0.25, 0.3) is 0 Å². The Kier molecular flexibility index (Phi) is 4.17. The minimum atomic E-state index is -0.0324. The van der Waals surface area contributed by atoms with E-state index >= 15 is 0 Å². The van der Waals surface area contributed by atoms with E-state index in [2.05, 4.69) is 15.6 Å². The molecule has 0 atom stereocenters. The standard InChI is InChI=1S/C9H13ClN4O/c1-12-8(15)2-3-13-9-7(11)4-6(10)5-14-9/h4-5H,2-3,11H2,1H3,(H,12,15)(H,13,14). The number of hydrogen-bond acceptors (Lipinski definition) is 4. The fraction of sp³-hybridized carbons (Fsp3) is 0.333. The lowest BCUT2D eigenvalue weighted by Gasteiger charge is -2.07. The van der Waals surface area contributed by atoms with Crippen molar-refractivity contribution in [1.29, 1.82) is 0 Å². The van der Waals surface area contributed by atoms with Crippen LogP contribution in [-0.2, 0) is 4.79 Å². The number of carbonyl (C=O) groups is 1. The first-order valence-corrected chi connectivity index (χ1v) is 4.86. The number of nitrogens with zero attached hydrogens (tertiary/aromatic N) is 1. The van der Waals surface area contributed by atoms with E-state index < -0.39 is 0 Å². The Labute approximate surface area is 93.0 Å². The molecule has 15 heavy (non-hydrogen) atoms. The zero-order valence-electron chi connectivity index (χ0n) is 8.38. The molecule has 0 aliphatic heterocycles. The van der Waals surface area contributed by atoms with Crippen molar-refractivity contribution in [3.8, 4) is 0 Å². The molecule has 1 heterocycles. The molecule has 0 saturated heterocycles. The van der Waals surface area contributed by atoms with Crippen molar-refractivity contribution < 1.29 is 4.79 Å². The van der Waals surface area contributed by atoms with Gasteiger partial charge in [0.15, 0.2) is 0 Å². The number of pyridine rings is 1. The maximum absolute atomic E-state index is 10.9. The third kappa shape index (κ3) is 3.63. The zero-order chi connectivity index (χ0) is 11.3. The average Bonchev–Trinajstić information content (AvgIpc) is 2.21. The summed E-state index contributed by atoms with van der Waals surface area (Å²) in [6, 6.07) is 1.61. The van der Waals surface area contributed by atoms with Gasteiger partial charge in [-0.25, -0.2) is 4.98 Å². The summed E-state index contributed by atoms with van der Waals surface area (Å²) in [5.74, 6) is 0.512. The van der Waals surface area contributed by atoms with Crippen LogP contribution in [0, 0.1) is 0 Å². The monoisotopic (exact) mass is 228 g/mol. The second-order valence-electron chi connectivity index (χ2n) is 2.94. The van der Waals surface area contributed by atoms with E-state index in [0.29, 0.717) is 29.5 Å². The van der Waals surface area contributed by atoms with Crippen molar-refractivity contribution in [2.24, 2.45) is 0 Å². The predicted octanol–water partition coefficient (Wildman–Crippen LogP) is 0.865. The number of nitrogens with one attached hydrogen (secondary N) is 2. The molecule has 6 heteroatoms. The topological polar surface area (TPSA) is 80.0 Å². The number of aromatic nitrogens is 1. The Hall–Kier alpha value is -1.49. The van der Waals surface area contributed by atoms with Crippen LogP contribution < -0.4 is 16.4 Å². The van der Waals surface area contributed by atoms with Crippen LogP contribution in [0.2, 0.25) is 5.02 Å². The fourth-order valence-corrected chi connectivity index (χ4v) is 1.19. The van der Waals surface area contributed by atoms with Crippen molar-refractivity contribution in [2.75, 3.05) is 24.6 Å². The number of nitrogens with two attached hydrogens (primary N) is 1. The van der Waals surface area contributed by atoms with E-state index in [1.54, 1.807) is 13.1 Å². The molecule has 0 unspecified atom stereocenters. The molecule has 4 N–H and O–H groups in total. The minimum Gasteiger partial charge on any atom is -0.396 e. The smallest absolute Gasteiger partial charge is 0.221 e. The van der Waals surface area contributed by atoms with Crippen LogP contribution in [0.25, 0.3) is 0 Å². The van der Waals surface area contributed by atoms with E-state index in [0.717, 1.165) is 0 Å². The molecule has 0 aliphatic rings. The SMILES string of the molecule is CNC(=O)CCNc1ncc(Cl)cc1N. The lowest BCUT2D eigenvalue weighted by atomic mass is 10.3. The molecule has 0 spiro atoms. The number of nitrogen functional groups attached to an aromatic ring is 1. The largest absolute Gasteiger partial charge is 0.396 e. The zero-order valence-corrected chi connectivity index (χ0v) is 9.14. The van der Waals surface area contributed by atoms with Crippen molar-refractivity contribution in [3.63, 3.8) is 0 Å². The second kappa shape index (κ2) is 5.41. The van der Waals surface area contributed by atoms with E-state index in [1.165, 1.54) is 6.20 Å². The number of halogens is 1. The Morgan fingerprint density at radius 3 is 3.00 bits per heavy atom. The van der Waals surface area contributed by atoms with E-state index in [1.807, 2.05) is 0 Å². The highest BCUT2D eigenvalue weighted by Crippen LogP contribution is 2.18. The van der Waals surface area contributed by atoms with Crippen LogP contribution in [0.3, 0.4) is 0 Å². The van der Waals surface area contributed by atoms with E-state index in [9.17, 15) is 4.79 Å². The Balaban J connectivity index is 2.47. The van der Waals surface area contributed by atoms with Gasteiger partial charge < -0.3 is 16.4 Å². The third-order valence-electron chi connectivity index (χ3n) is 1.81. The van der Waals surface area contributed by atoms with Crippen LogP contribution in [0.1, 0.15) is 6.42 Å². The molecule has 1 amide bonds. The van der Waals surface area contributed by atoms with Crippen LogP contribution >= 0.6 is 11.6 Å². The first-order valence-electron chi connectivity index (χ1n) is 4.49. The van der Waals surface area contributed by atoms with Gasteiger partial charge in [-0.2, -0.15) is 0 Å². The van der Waals surface area contributed by atoms with E-state index in [4.69, 9.17) is 17.3 Å². The molecule has 0 aromatic carbocycles. The molecule has 5 nitrogen and oxygen atoms in total. The molecule has 0 fully saturated rings. The summed E-state index contributed by atoms with van der Waals surface area (Å²) in [6.45, 7) is 0.485. The van der Waals surface area contributed by atoms with Gasteiger partial charge in [0.05, 0.1) is 10.7 Å². The highest BCUT2D eigenvalue weighted by atomic mass is 35.5. The maximum atomic E-state index is 10.9. The van der Waals surface area contributed by atoms with Gasteiger partial charge in [0, 0.05) is 26.2 Å². The molecule has 1 rings (SSSR count). The minimum absolute atomic E-state index is 0.0324. The Morgan fingerprint density at radius 1 is 1.67 bits per heavy atom. The molecule has 0 aliphatic carbocycles. The predicted molar refractivity (Wildman–Crippen MR) is 60.8 cm³/mol. The van der Waals surface area contributed by atoms with Crippen molar-refractivity contribution in [1.82, 2.24) is 10.3 Å². The van der Waals surface area contributed by atoms with Gasteiger partial charge in [-0.3, -0.25) is 4.79 Å². The van der Waals surface area contributed by atoms with Gasteiger partial charge in [0.2, 0.25) is 5.91 Å². The maximum Gasteiger partial charge on any atom is 0.221 e. The number of carbonyl (C=O) groups excluding carboxylic acids is 1. The van der Waals surface area contributed by atoms with Gasteiger partial charge >= 0.3 is 0 Å². The van der Waals surface area contributed by atoms with Crippen molar-refractivity contribution in [3.05, 3.63) is 17.3 Å². The molecular formula is C9H13ClN4O. The van der Waals surface area contributed by atoms with Gasteiger partial charge in [-0.05, 0) is 6.07 Å². The Bertz CT molecular complexity index is 356. The molecule has 0 saturated carbocycles. The van der Waals surface area contributed by atoms with Gasteiger partial charge in [-0.1, -0.05) is 11.6 Å². The normalized spacial score (nSPS) is 9.73. The quantitative estimate of drug-likeness (QED) is 0.714. The van der Waals surface area contributed by atoms with Crippen molar-refractivity contribution >= 4 is 29.0 Å². The van der Waals surface area contributed by atoms with Crippen molar-refractivity contribution in [2.45, 2.75) is 6.42 Å². The van der Waals surface area contributed by atoms with Crippen LogP contribution in [0.5, 0.6) is 0 Å². The van der Waals surface area contributed by atoms with Crippen LogP contribution in [0.4, 0.5) is 11.5 Å². The highest BCUT2D eigenvalue weighted by Gasteiger charge is 2.02. The molecule has 0 radical (unpaired) electrons. The highest BCUT2D eigenvalue weighted by molar-refractivity contribution is 6.30. The summed E-state index contributed by atoms with van der Waals surface area (Å²) in [7, 11) is 1.59. The van der Waals surface area contributed by atoms with Crippen LogP contribution in [0.15, 0.2) is 12.3 Å². The molecular weight excluding hydrogens is 216 g/mol. The average molecular weight is 229 g/mol. The molecule has 1 aromatic heterocycles. The first kappa shape index (κ1) is 11.6. The lowest BCUT2D eigenvalue weighted by Crippen LogP contribution is -2.21. The second-order valence-corrected chi connectivity index (χ2v) is 3.38. The summed E-state index contributed by atoms with van der Waals surface area (Å²) in [5, 5.41) is 5.96. The van der Waals surface area contributed by atoms with Gasteiger partial charge in [-0.15, -0.1) is 0 Å². The number of hydrogen-bond donors (Lipinski definition) is 3. The van der Waals surface area contributed by atoms with E-state index in [-0.39, 0.29) is 5.91 Å². The summed E-state index contributed by atoms with van der Waals surface area (Å²) < 4.78 is 0.